The van der Waals surface area contributed by atoms with Crippen LogP contribution in [0.15, 0.2) is 30.3 Å². The van der Waals surface area contributed by atoms with Crippen LogP contribution >= 0.6 is 0 Å². The molecule has 1 aromatic rings. The average molecular weight is 380 g/mol. The van der Waals surface area contributed by atoms with Gasteiger partial charge < -0.3 is 5.73 Å². The van der Waals surface area contributed by atoms with Crippen molar-refractivity contribution in [2.24, 2.45) is 5.73 Å². The normalized spacial score (nSPS) is 18.5. The molecule has 2 unspecified atom stereocenters. The SMILES string of the molecule is C=S(=O)(N1CC=C(c2ccc(C)cc2)CC1)N(CCC)C(C)CC.CN. The molecule has 5 heteroatoms. The van der Waals surface area contributed by atoms with Crippen molar-refractivity contribution in [2.45, 2.75) is 53.0 Å². The molecular weight excluding hydrogens is 342 g/mol. The van der Waals surface area contributed by atoms with E-state index < -0.39 is 9.89 Å². The molecule has 0 spiro atoms. The summed E-state index contributed by atoms with van der Waals surface area (Å²) in [5.41, 5.74) is 8.41. The van der Waals surface area contributed by atoms with E-state index in [-0.39, 0.29) is 6.04 Å². The Kier molecular flexibility index (Phi) is 9.58. The Morgan fingerprint density at radius 3 is 2.35 bits per heavy atom. The van der Waals surface area contributed by atoms with Crippen LogP contribution in [0.25, 0.3) is 5.57 Å². The molecule has 1 aliphatic rings. The van der Waals surface area contributed by atoms with Gasteiger partial charge in [0, 0.05) is 25.7 Å². The van der Waals surface area contributed by atoms with E-state index in [0.29, 0.717) is 6.54 Å². The van der Waals surface area contributed by atoms with Crippen molar-refractivity contribution < 1.29 is 4.21 Å². The first-order chi connectivity index (χ1) is 12.4. The highest BCUT2D eigenvalue weighted by molar-refractivity contribution is 7.96. The molecule has 0 saturated carbocycles. The van der Waals surface area contributed by atoms with Crippen molar-refractivity contribution in [1.82, 2.24) is 8.61 Å². The zero-order chi connectivity index (χ0) is 19.7. The van der Waals surface area contributed by atoms with E-state index >= 15 is 0 Å². The second-order valence-electron chi connectivity index (χ2n) is 6.74. The van der Waals surface area contributed by atoms with Crippen molar-refractivity contribution >= 4 is 21.3 Å². The van der Waals surface area contributed by atoms with Crippen LogP contribution in [0.1, 0.15) is 51.2 Å². The van der Waals surface area contributed by atoms with E-state index in [2.05, 4.69) is 78.3 Å². The molecule has 1 aliphatic heterocycles. The van der Waals surface area contributed by atoms with Gasteiger partial charge in [-0.25, -0.2) is 12.8 Å². The Morgan fingerprint density at radius 2 is 1.88 bits per heavy atom. The molecule has 2 N–H and O–H groups in total. The second kappa shape index (κ2) is 10.9. The van der Waals surface area contributed by atoms with Crippen LogP contribution in [0.4, 0.5) is 0 Å². The summed E-state index contributed by atoms with van der Waals surface area (Å²) < 4.78 is 17.6. The number of aryl methyl sites for hydroxylation is 1. The molecule has 1 aromatic carbocycles. The fourth-order valence-electron chi connectivity index (χ4n) is 3.16. The summed E-state index contributed by atoms with van der Waals surface area (Å²) in [6, 6.07) is 8.96. The van der Waals surface area contributed by atoms with Gasteiger partial charge in [-0.15, -0.1) is 0 Å². The van der Waals surface area contributed by atoms with Gasteiger partial charge in [0.15, 0.2) is 0 Å². The molecule has 4 nitrogen and oxygen atoms in total. The number of nitrogens with zero attached hydrogens (tertiary/aromatic N) is 2. The maximum absolute atomic E-state index is 13.4. The third-order valence-electron chi connectivity index (χ3n) is 4.89. The summed E-state index contributed by atoms with van der Waals surface area (Å²) in [7, 11) is -0.888. The number of hydrogen-bond acceptors (Lipinski definition) is 2. The van der Waals surface area contributed by atoms with E-state index in [0.717, 1.165) is 32.4 Å². The summed E-state index contributed by atoms with van der Waals surface area (Å²) in [5.74, 6) is 4.14. The third-order valence-corrected chi connectivity index (χ3v) is 7.30. The zero-order valence-corrected chi connectivity index (χ0v) is 18.0. The minimum atomic E-state index is -2.39. The fourth-order valence-corrected chi connectivity index (χ4v) is 5.32. The Balaban J connectivity index is 0.00000163. The summed E-state index contributed by atoms with van der Waals surface area (Å²) in [6.07, 6.45) is 5.13. The Bertz CT molecular complexity index is 665. The monoisotopic (exact) mass is 379 g/mol. The lowest BCUT2D eigenvalue weighted by Crippen LogP contribution is -2.48. The highest BCUT2D eigenvalue weighted by Crippen LogP contribution is 2.26. The van der Waals surface area contributed by atoms with Gasteiger partial charge in [0.25, 0.3) is 0 Å². The number of rotatable bonds is 7. The first kappa shape index (κ1) is 22.9. The Hall–Kier alpha value is -1.14. The summed E-state index contributed by atoms with van der Waals surface area (Å²) >= 11 is 0. The van der Waals surface area contributed by atoms with Gasteiger partial charge in [0.05, 0.1) is 9.89 Å². The zero-order valence-electron chi connectivity index (χ0n) is 17.2. The van der Waals surface area contributed by atoms with Crippen LogP contribution in [-0.2, 0) is 9.89 Å². The molecule has 2 atom stereocenters. The van der Waals surface area contributed by atoms with Gasteiger partial charge in [-0.2, -0.15) is 0 Å². The van der Waals surface area contributed by atoms with Gasteiger partial charge in [-0.3, -0.25) is 0 Å². The van der Waals surface area contributed by atoms with Crippen molar-refractivity contribution in [3.8, 4) is 0 Å². The highest BCUT2D eigenvalue weighted by Gasteiger charge is 2.27. The molecule has 1 heterocycles. The van der Waals surface area contributed by atoms with E-state index in [1.165, 1.54) is 23.7 Å². The van der Waals surface area contributed by atoms with Crippen LogP contribution in [0.5, 0.6) is 0 Å². The molecule has 0 aromatic heterocycles. The summed E-state index contributed by atoms with van der Waals surface area (Å²) in [4.78, 5) is 0. The topological polar surface area (TPSA) is 49.6 Å². The molecular formula is C21H37N3OS. The third kappa shape index (κ3) is 5.68. The van der Waals surface area contributed by atoms with Crippen molar-refractivity contribution in [3.63, 3.8) is 0 Å². The standard InChI is InChI=1S/C20H32N2OS.CH5N/c1-6-14-22(18(4)7-2)24(5,23)21-15-12-20(13-16-21)19-10-8-17(3)9-11-19;1-2/h8-12,18H,5-7,13-16H2,1-4H3;2H2,1H3. The highest BCUT2D eigenvalue weighted by atomic mass is 32.2. The lowest BCUT2D eigenvalue weighted by Gasteiger charge is -2.38. The predicted octanol–water partition coefficient (Wildman–Crippen LogP) is 3.72. The molecule has 0 fully saturated rings. The Labute approximate surface area is 161 Å². The van der Waals surface area contributed by atoms with Crippen LogP contribution in [0.3, 0.4) is 0 Å². The first-order valence-electron chi connectivity index (χ1n) is 9.63. The lowest BCUT2D eigenvalue weighted by atomic mass is 9.99. The predicted molar refractivity (Wildman–Crippen MR) is 117 cm³/mol. The molecule has 0 saturated heterocycles. The number of hydrogen-bond donors (Lipinski definition) is 1. The molecule has 0 aliphatic carbocycles. The largest absolute Gasteiger partial charge is 0.333 e. The van der Waals surface area contributed by atoms with E-state index in [9.17, 15) is 4.21 Å². The van der Waals surface area contributed by atoms with Crippen LogP contribution < -0.4 is 5.73 Å². The van der Waals surface area contributed by atoms with E-state index in [4.69, 9.17) is 0 Å². The van der Waals surface area contributed by atoms with Crippen LogP contribution in [-0.4, -0.2) is 51.4 Å². The maximum Gasteiger partial charge on any atom is 0.0907 e. The minimum absolute atomic E-state index is 0.289. The minimum Gasteiger partial charge on any atom is -0.333 e. The van der Waals surface area contributed by atoms with Crippen molar-refractivity contribution in [3.05, 3.63) is 41.5 Å². The smallest absolute Gasteiger partial charge is 0.0907 e. The van der Waals surface area contributed by atoms with Crippen molar-refractivity contribution in [2.75, 3.05) is 26.7 Å². The summed E-state index contributed by atoms with van der Waals surface area (Å²) in [6.45, 7) is 10.9. The molecule has 0 bridgehead atoms. The van der Waals surface area contributed by atoms with Crippen LogP contribution in [0, 0.1) is 6.92 Å². The maximum atomic E-state index is 13.4. The average Bonchev–Trinajstić information content (AvgIpc) is 2.67. The van der Waals surface area contributed by atoms with Gasteiger partial charge in [-0.1, -0.05) is 49.8 Å². The second-order valence-corrected chi connectivity index (χ2v) is 8.94. The Morgan fingerprint density at radius 1 is 1.27 bits per heavy atom. The molecule has 148 valence electrons. The number of benzene rings is 1. The van der Waals surface area contributed by atoms with Gasteiger partial charge in [-0.05, 0) is 57.2 Å². The molecule has 26 heavy (non-hydrogen) atoms. The molecule has 2 rings (SSSR count). The molecule has 0 amide bonds. The first-order valence-corrected chi connectivity index (χ1v) is 11.3. The van der Waals surface area contributed by atoms with Crippen LogP contribution in [0.2, 0.25) is 0 Å². The lowest BCUT2D eigenvalue weighted by molar-refractivity contribution is 0.318. The molecule has 0 radical (unpaired) electrons. The fraction of sp³-hybridized carbons (Fsp3) is 0.571. The van der Waals surface area contributed by atoms with E-state index in [1.807, 2.05) is 0 Å². The van der Waals surface area contributed by atoms with E-state index in [1.54, 1.807) is 0 Å². The van der Waals surface area contributed by atoms with Crippen molar-refractivity contribution in [1.29, 1.82) is 0 Å². The van der Waals surface area contributed by atoms with Gasteiger partial charge in [0.2, 0.25) is 0 Å². The number of nitrogens with two attached hydrogens (primary N) is 1. The quantitative estimate of drug-likeness (QED) is 0.734. The summed E-state index contributed by atoms with van der Waals surface area (Å²) in [5, 5.41) is 0. The van der Waals surface area contributed by atoms with Gasteiger partial charge >= 0.3 is 0 Å². The van der Waals surface area contributed by atoms with Gasteiger partial charge in [0.1, 0.15) is 0 Å².